The lowest BCUT2D eigenvalue weighted by Crippen LogP contribution is -2.10. The number of hydrogen-bond acceptors (Lipinski definition) is 4. The molecule has 0 fully saturated rings. The summed E-state index contributed by atoms with van der Waals surface area (Å²) in [5, 5.41) is 7.59. The van der Waals surface area contributed by atoms with E-state index >= 15 is 0 Å². The number of rotatable bonds is 5. The molecule has 2 heterocycles. The Labute approximate surface area is 112 Å². The molecular formula is C14H19N3S. The fourth-order valence-corrected chi connectivity index (χ4v) is 2.42. The van der Waals surface area contributed by atoms with Gasteiger partial charge in [0.1, 0.15) is 0 Å². The Balaban J connectivity index is 1.96. The van der Waals surface area contributed by atoms with Gasteiger partial charge in [0.25, 0.3) is 0 Å². The minimum atomic E-state index is 0.434. The van der Waals surface area contributed by atoms with Gasteiger partial charge in [-0.1, -0.05) is 13.8 Å². The van der Waals surface area contributed by atoms with E-state index in [2.05, 4.69) is 52.0 Å². The van der Waals surface area contributed by atoms with Gasteiger partial charge in [-0.2, -0.15) is 11.3 Å². The first-order valence-electron chi connectivity index (χ1n) is 6.25. The summed E-state index contributed by atoms with van der Waals surface area (Å²) >= 11 is 1.74. The second-order valence-electron chi connectivity index (χ2n) is 4.72. The molecule has 2 aromatic rings. The number of aromatic nitrogens is 2. The van der Waals surface area contributed by atoms with Crippen molar-refractivity contribution in [2.24, 2.45) is 0 Å². The molecule has 4 heteroatoms. The topological polar surface area (TPSA) is 37.8 Å². The summed E-state index contributed by atoms with van der Waals surface area (Å²) in [6.07, 6.45) is 1.01. The summed E-state index contributed by atoms with van der Waals surface area (Å²) in [6, 6.07) is 4.21. The van der Waals surface area contributed by atoms with E-state index in [1.54, 1.807) is 11.3 Å². The summed E-state index contributed by atoms with van der Waals surface area (Å²) in [5.41, 5.74) is 3.48. The third-order valence-corrected chi connectivity index (χ3v) is 3.47. The van der Waals surface area contributed by atoms with Gasteiger partial charge in [0.15, 0.2) is 0 Å². The van der Waals surface area contributed by atoms with Crippen LogP contribution in [0.3, 0.4) is 0 Å². The summed E-state index contributed by atoms with van der Waals surface area (Å²) < 4.78 is 0. The Kier molecular flexibility index (Phi) is 4.31. The van der Waals surface area contributed by atoms with Gasteiger partial charge in [-0.3, -0.25) is 0 Å². The summed E-state index contributed by atoms with van der Waals surface area (Å²) in [4.78, 5) is 8.95. The second kappa shape index (κ2) is 5.96. The van der Waals surface area contributed by atoms with Crippen molar-refractivity contribution in [2.45, 2.75) is 33.1 Å². The molecule has 0 bridgehead atoms. The molecule has 0 atom stereocenters. The Morgan fingerprint density at radius 3 is 2.83 bits per heavy atom. The van der Waals surface area contributed by atoms with Gasteiger partial charge in [0.05, 0.1) is 0 Å². The maximum Gasteiger partial charge on any atom is 0.223 e. The van der Waals surface area contributed by atoms with Crippen molar-refractivity contribution in [3.8, 4) is 0 Å². The van der Waals surface area contributed by atoms with E-state index in [-0.39, 0.29) is 0 Å². The molecule has 0 unspecified atom stereocenters. The number of aryl methyl sites for hydroxylation is 1. The Morgan fingerprint density at radius 1 is 1.33 bits per heavy atom. The van der Waals surface area contributed by atoms with Crippen molar-refractivity contribution in [1.29, 1.82) is 0 Å². The number of nitrogens with zero attached hydrogens (tertiary/aromatic N) is 2. The molecule has 0 saturated carbocycles. The number of thiophene rings is 1. The van der Waals surface area contributed by atoms with E-state index in [1.165, 1.54) is 5.56 Å². The van der Waals surface area contributed by atoms with Crippen LogP contribution < -0.4 is 5.32 Å². The summed E-state index contributed by atoms with van der Waals surface area (Å²) in [5.74, 6) is 1.18. The third-order valence-electron chi connectivity index (χ3n) is 2.74. The standard InChI is InChI=1S/C14H19N3S/c1-10(2)13-8-11(3)16-14(17-13)15-6-4-12-5-7-18-9-12/h5,7-10H,4,6H2,1-3H3,(H,15,16,17). The molecule has 0 aromatic carbocycles. The molecule has 3 nitrogen and oxygen atoms in total. The van der Waals surface area contributed by atoms with Crippen LogP contribution in [-0.4, -0.2) is 16.5 Å². The zero-order valence-corrected chi connectivity index (χ0v) is 11.9. The van der Waals surface area contributed by atoms with E-state index in [4.69, 9.17) is 0 Å². The number of nitrogens with one attached hydrogen (secondary N) is 1. The first kappa shape index (κ1) is 13.0. The molecule has 2 aromatic heterocycles. The van der Waals surface area contributed by atoms with Gasteiger partial charge in [-0.25, -0.2) is 9.97 Å². The van der Waals surface area contributed by atoms with Crippen molar-refractivity contribution in [1.82, 2.24) is 9.97 Å². The first-order chi connectivity index (χ1) is 8.65. The molecule has 0 aliphatic carbocycles. The highest BCUT2D eigenvalue weighted by molar-refractivity contribution is 7.07. The van der Waals surface area contributed by atoms with Crippen molar-refractivity contribution in [2.75, 3.05) is 11.9 Å². The summed E-state index contributed by atoms with van der Waals surface area (Å²) in [6.45, 7) is 7.18. The van der Waals surface area contributed by atoms with Crippen LogP contribution in [0.2, 0.25) is 0 Å². The zero-order valence-electron chi connectivity index (χ0n) is 11.1. The lowest BCUT2D eigenvalue weighted by atomic mass is 10.1. The minimum absolute atomic E-state index is 0.434. The van der Waals surface area contributed by atoms with Gasteiger partial charge in [-0.15, -0.1) is 0 Å². The highest BCUT2D eigenvalue weighted by atomic mass is 32.1. The minimum Gasteiger partial charge on any atom is -0.354 e. The van der Waals surface area contributed by atoms with E-state index in [1.807, 2.05) is 6.92 Å². The molecule has 18 heavy (non-hydrogen) atoms. The average Bonchev–Trinajstić information content (AvgIpc) is 2.81. The quantitative estimate of drug-likeness (QED) is 0.893. The van der Waals surface area contributed by atoms with Crippen LogP contribution in [-0.2, 0) is 6.42 Å². The van der Waals surface area contributed by atoms with E-state index in [0.29, 0.717) is 5.92 Å². The highest BCUT2D eigenvalue weighted by Gasteiger charge is 2.05. The fourth-order valence-electron chi connectivity index (χ4n) is 1.72. The molecule has 96 valence electrons. The zero-order chi connectivity index (χ0) is 13.0. The van der Waals surface area contributed by atoms with Gasteiger partial charge >= 0.3 is 0 Å². The lowest BCUT2D eigenvalue weighted by molar-refractivity contribution is 0.807. The van der Waals surface area contributed by atoms with Crippen LogP contribution >= 0.6 is 11.3 Å². The normalized spacial score (nSPS) is 10.9. The van der Waals surface area contributed by atoms with Gasteiger partial charge in [0, 0.05) is 17.9 Å². The van der Waals surface area contributed by atoms with Crippen molar-refractivity contribution >= 4 is 17.3 Å². The van der Waals surface area contributed by atoms with E-state index in [9.17, 15) is 0 Å². The van der Waals surface area contributed by atoms with E-state index < -0.39 is 0 Å². The molecular weight excluding hydrogens is 242 g/mol. The molecule has 1 N–H and O–H groups in total. The predicted molar refractivity (Wildman–Crippen MR) is 77.4 cm³/mol. The smallest absolute Gasteiger partial charge is 0.223 e. The van der Waals surface area contributed by atoms with Crippen LogP contribution in [0.15, 0.2) is 22.9 Å². The lowest BCUT2D eigenvalue weighted by Gasteiger charge is -2.09. The Bertz CT molecular complexity index is 492. The van der Waals surface area contributed by atoms with Crippen molar-refractivity contribution in [3.63, 3.8) is 0 Å². The van der Waals surface area contributed by atoms with Crippen LogP contribution in [0.4, 0.5) is 5.95 Å². The SMILES string of the molecule is Cc1cc(C(C)C)nc(NCCc2ccsc2)n1. The fraction of sp³-hybridized carbons (Fsp3) is 0.429. The molecule has 0 amide bonds. The molecule has 2 rings (SSSR count). The molecule has 0 radical (unpaired) electrons. The second-order valence-corrected chi connectivity index (χ2v) is 5.50. The van der Waals surface area contributed by atoms with Crippen molar-refractivity contribution < 1.29 is 0 Å². The van der Waals surface area contributed by atoms with Gasteiger partial charge in [-0.05, 0) is 47.7 Å². The summed E-state index contributed by atoms with van der Waals surface area (Å²) in [7, 11) is 0. The molecule has 0 aliphatic rings. The van der Waals surface area contributed by atoms with Crippen LogP contribution in [0.1, 0.15) is 36.7 Å². The number of anilines is 1. The molecule has 0 spiro atoms. The van der Waals surface area contributed by atoms with E-state index in [0.717, 1.165) is 30.3 Å². The monoisotopic (exact) mass is 261 g/mol. The first-order valence-corrected chi connectivity index (χ1v) is 7.20. The van der Waals surface area contributed by atoms with Crippen LogP contribution in [0.5, 0.6) is 0 Å². The average molecular weight is 261 g/mol. The highest BCUT2D eigenvalue weighted by Crippen LogP contribution is 2.14. The van der Waals surface area contributed by atoms with Gasteiger partial charge < -0.3 is 5.32 Å². The largest absolute Gasteiger partial charge is 0.354 e. The molecule has 0 saturated heterocycles. The Hall–Kier alpha value is -1.42. The Morgan fingerprint density at radius 2 is 2.17 bits per heavy atom. The number of hydrogen-bond donors (Lipinski definition) is 1. The maximum absolute atomic E-state index is 4.53. The van der Waals surface area contributed by atoms with Gasteiger partial charge in [0.2, 0.25) is 5.95 Å². The van der Waals surface area contributed by atoms with Crippen LogP contribution in [0, 0.1) is 6.92 Å². The maximum atomic E-state index is 4.53. The van der Waals surface area contributed by atoms with Crippen LogP contribution in [0.25, 0.3) is 0 Å². The third kappa shape index (κ3) is 3.53. The predicted octanol–water partition coefficient (Wildman–Crippen LogP) is 3.62. The molecule has 0 aliphatic heterocycles. The van der Waals surface area contributed by atoms with Crippen molar-refractivity contribution in [3.05, 3.63) is 39.8 Å².